The third-order valence-electron chi connectivity index (χ3n) is 5.75. The largest absolute Gasteiger partial charge is 0.497 e. The first-order valence-corrected chi connectivity index (χ1v) is 11.1. The van der Waals surface area contributed by atoms with Crippen LogP contribution >= 0.6 is 0 Å². The van der Waals surface area contributed by atoms with Crippen molar-refractivity contribution < 1.29 is 28.9 Å². The minimum Gasteiger partial charge on any atom is -0.497 e. The molecule has 2 aromatic rings. The van der Waals surface area contributed by atoms with Gasteiger partial charge in [-0.15, -0.1) is 0 Å². The Hall–Kier alpha value is -3.32. The number of methoxy groups -OCH3 is 1. The molecular weight excluding hydrogens is 422 g/mol. The summed E-state index contributed by atoms with van der Waals surface area (Å²) in [5.74, 6) is -2.26. The highest BCUT2D eigenvalue weighted by atomic mass is 16.5. The van der Waals surface area contributed by atoms with Crippen molar-refractivity contribution >= 4 is 17.6 Å². The number of para-hydroxylation sites is 1. The van der Waals surface area contributed by atoms with Crippen molar-refractivity contribution in [3.05, 3.63) is 71.4 Å². The number of nitrogens with one attached hydrogen (secondary N) is 1. The number of benzene rings is 2. The molecule has 1 aliphatic rings. The van der Waals surface area contributed by atoms with Crippen LogP contribution in [-0.4, -0.2) is 43.0 Å². The van der Waals surface area contributed by atoms with Crippen molar-refractivity contribution in [3.63, 3.8) is 0 Å². The summed E-state index contributed by atoms with van der Waals surface area (Å²) in [6.07, 6.45) is 0.0478. The molecule has 33 heavy (non-hydrogen) atoms. The maximum atomic E-state index is 13.3. The Labute approximate surface area is 194 Å². The molecule has 0 amide bonds. The summed E-state index contributed by atoms with van der Waals surface area (Å²) in [4.78, 5) is 26.4. The van der Waals surface area contributed by atoms with Crippen LogP contribution in [-0.2, 0) is 19.1 Å². The van der Waals surface area contributed by atoms with Gasteiger partial charge in [0.05, 0.1) is 37.4 Å². The molecule has 0 aliphatic heterocycles. The molecule has 3 atom stereocenters. The standard InChI is InChI=1S/C26H31NO6/c1-5-32-24(28)22-20(27-18-10-8-7-9-11-18)16-26(3,30)23(25(29)33-6-2)21(22)17-12-14-19(31-4)15-13-17/h7-15,21,23,27,30H,5-6,16H2,1-4H3/t21-,23-,26+/m0/s1. The summed E-state index contributed by atoms with van der Waals surface area (Å²) in [7, 11) is 1.56. The van der Waals surface area contributed by atoms with E-state index in [1.165, 1.54) is 0 Å². The van der Waals surface area contributed by atoms with E-state index in [0.29, 0.717) is 22.6 Å². The molecular formula is C26H31NO6. The first kappa shape index (κ1) is 24.3. The second kappa shape index (κ2) is 10.5. The maximum absolute atomic E-state index is 13.3. The van der Waals surface area contributed by atoms with Gasteiger partial charge >= 0.3 is 11.9 Å². The molecule has 7 heteroatoms. The summed E-state index contributed by atoms with van der Waals surface area (Å²) in [5, 5.41) is 14.8. The summed E-state index contributed by atoms with van der Waals surface area (Å²) >= 11 is 0. The molecule has 0 aromatic heterocycles. The number of esters is 2. The second-order valence-electron chi connectivity index (χ2n) is 8.12. The predicted octanol–water partition coefficient (Wildman–Crippen LogP) is 4.04. The highest BCUT2D eigenvalue weighted by Gasteiger charge is 2.52. The molecule has 0 radical (unpaired) electrons. The van der Waals surface area contributed by atoms with Gasteiger partial charge in [0.25, 0.3) is 0 Å². The van der Waals surface area contributed by atoms with Crippen LogP contribution in [0.2, 0.25) is 0 Å². The molecule has 0 bridgehead atoms. The molecule has 0 spiro atoms. The number of carbonyl (C=O) groups excluding carboxylic acids is 2. The van der Waals surface area contributed by atoms with Crippen LogP contribution in [0.4, 0.5) is 5.69 Å². The molecule has 0 saturated heterocycles. The Kier molecular flexibility index (Phi) is 7.76. The van der Waals surface area contributed by atoms with Crippen molar-refractivity contribution in [1.29, 1.82) is 0 Å². The average molecular weight is 454 g/mol. The molecule has 3 rings (SSSR count). The number of hydrogen-bond acceptors (Lipinski definition) is 7. The lowest BCUT2D eigenvalue weighted by Crippen LogP contribution is -2.49. The molecule has 7 nitrogen and oxygen atoms in total. The summed E-state index contributed by atoms with van der Waals surface area (Å²) in [6, 6.07) is 16.5. The Morgan fingerprint density at radius 3 is 2.24 bits per heavy atom. The normalized spacial score (nSPS) is 22.5. The van der Waals surface area contributed by atoms with Crippen LogP contribution in [0.5, 0.6) is 5.75 Å². The quantitative estimate of drug-likeness (QED) is 0.583. The average Bonchev–Trinajstić information content (AvgIpc) is 2.79. The Bertz CT molecular complexity index is 997. The van der Waals surface area contributed by atoms with Gasteiger partial charge in [0.1, 0.15) is 5.75 Å². The summed E-state index contributed by atoms with van der Waals surface area (Å²) in [5.41, 5.74) is 0.753. The van der Waals surface area contributed by atoms with E-state index >= 15 is 0 Å². The lowest BCUT2D eigenvalue weighted by atomic mass is 9.65. The molecule has 0 unspecified atom stereocenters. The van der Waals surface area contributed by atoms with E-state index in [0.717, 1.165) is 5.69 Å². The highest BCUT2D eigenvalue weighted by molar-refractivity contribution is 5.94. The van der Waals surface area contributed by atoms with Crippen LogP contribution in [0.25, 0.3) is 0 Å². The third-order valence-corrected chi connectivity index (χ3v) is 5.75. The van der Waals surface area contributed by atoms with E-state index in [1.807, 2.05) is 30.3 Å². The van der Waals surface area contributed by atoms with Gasteiger partial charge in [-0.3, -0.25) is 4.79 Å². The molecule has 2 aromatic carbocycles. The smallest absolute Gasteiger partial charge is 0.336 e. The Morgan fingerprint density at radius 2 is 1.67 bits per heavy atom. The van der Waals surface area contributed by atoms with Crippen LogP contribution in [0.15, 0.2) is 65.9 Å². The monoisotopic (exact) mass is 453 g/mol. The van der Waals surface area contributed by atoms with E-state index in [2.05, 4.69) is 5.32 Å². The van der Waals surface area contributed by atoms with Crippen LogP contribution in [0.3, 0.4) is 0 Å². The van der Waals surface area contributed by atoms with Gasteiger partial charge in [0.2, 0.25) is 0 Å². The van der Waals surface area contributed by atoms with Gasteiger partial charge in [-0.2, -0.15) is 0 Å². The molecule has 0 heterocycles. The van der Waals surface area contributed by atoms with Gasteiger partial charge in [-0.25, -0.2) is 4.79 Å². The fourth-order valence-corrected chi connectivity index (χ4v) is 4.34. The van der Waals surface area contributed by atoms with Crippen molar-refractivity contribution in [2.45, 2.75) is 38.7 Å². The van der Waals surface area contributed by atoms with Gasteiger partial charge in [0.15, 0.2) is 0 Å². The van der Waals surface area contributed by atoms with Crippen LogP contribution in [0, 0.1) is 5.92 Å². The minimum absolute atomic E-state index is 0.0478. The fraction of sp³-hybridized carbons (Fsp3) is 0.385. The molecule has 176 valence electrons. The summed E-state index contributed by atoms with van der Waals surface area (Å²) in [6.45, 7) is 5.38. The highest BCUT2D eigenvalue weighted by Crippen LogP contribution is 2.48. The van der Waals surface area contributed by atoms with Crippen molar-refractivity contribution in [2.75, 3.05) is 25.6 Å². The van der Waals surface area contributed by atoms with Crippen LogP contribution < -0.4 is 10.1 Å². The lowest BCUT2D eigenvalue weighted by molar-refractivity contribution is -0.159. The zero-order chi connectivity index (χ0) is 24.0. The van der Waals surface area contributed by atoms with Gasteiger partial charge in [0, 0.05) is 23.7 Å². The lowest BCUT2D eigenvalue weighted by Gasteiger charge is -2.43. The van der Waals surface area contributed by atoms with Crippen molar-refractivity contribution in [1.82, 2.24) is 0 Å². The first-order chi connectivity index (χ1) is 15.8. The van der Waals surface area contributed by atoms with Gasteiger partial charge < -0.3 is 24.6 Å². The number of hydrogen-bond donors (Lipinski definition) is 2. The molecule has 0 saturated carbocycles. The fourth-order valence-electron chi connectivity index (χ4n) is 4.34. The number of anilines is 1. The predicted molar refractivity (Wildman–Crippen MR) is 125 cm³/mol. The van der Waals surface area contributed by atoms with E-state index in [4.69, 9.17) is 14.2 Å². The third kappa shape index (κ3) is 5.37. The SMILES string of the molecule is CCOC(=O)C1=C(Nc2ccccc2)C[C@@](C)(O)[C@H](C(=O)OCC)[C@H]1c1ccc(OC)cc1. The van der Waals surface area contributed by atoms with Crippen molar-refractivity contribution in [2.24, 2.45) is 5.92 Å². The van der Waals surface area contributed by atoms with E-state index in [1.54, 1.807) is 52.1 Å². The topological polar surface area (TPSA) is 94.1 Å². The van der Waals surface area contributed by atoms with Crippen molar-refractivity contribution in [3.8, 4) is 5.75 Å². The van der Waals surface area contributed by atoms with Crippen LogP contribution in [0.1, 0.15) is 38.7 Å². The Balaban J connectivity index is 2.23. The number of rotatable bonds is 8. The Morgan fingerprint density at radius 1 is 1.03 bits per heavy atom. The maximum Gasteiger partial charge on any atom is 0.336 e. The van der Waals surface area contributed by atoms with Gasteiger partial charge in [-0.05, 0) is 50.6 Å². The zero-order valence-corrected chi connectivity index (χ0v) is 19.5. The first-order valence-electron chi connectivity index (χ1n) is 11.1. The van der Waals surface area contributed by atoms with E-state index in [9.17, 15) is 14.7 Å². The molecule has 1 aliphatic carbocycles. The molecule has 0 fully saturated rings. The zero-order valence-electron chi connectivity index (χ0n) is 19.5. The van der Waals surface area contributed by atoms with E-state index in [-0.39, 0.29) is 19.6 Å². The summed E-state index contributed by atoms with van der Waals surface area (Å²) < 4.78 is 16.0. The number of carbonyl (C=O) groups is 2. The molecule has 2 N–H and O–H groups in total. The van der Waals surface area contributed by atoms with E-state index < -0.39 is 29.4 Å². The number of aliphatic hydroxyl groups is 1. The number of ether oxygens (including phenoxy) is 3. The van der Waals surface area contributed by atoms with Gasteiger partial charge in [-0.1, -0.05) is 30.3 Å². The second-order valence-corrected chi connectivity index (χ2v) is 8.12. The minimum atomic E-state index is -1.48.